The van der Waals surface area contributed by atoms with Gasteiger partial charge in [-0.15, -0.1) is 0 Å². The van der Waals surface area contributed by atoms with E-state index in [-0.39, 0.29) is 29.9 Å². The number of hydrogen-bond acceptors (Lipinski definition) is 4. The van der Waals surface area contributed by atoms with E-state index >= 15 is 0 Å². The van der Waals surface area contributed by atoms with Crippen LogP contribution in [0, 0.1) is 11.6 Å². The van der Waals surface area contributed by atoms with Crippen LogP contribution in [0.3, 0.4) is 0 Å². The summed E-state index contributed by atoms with van der Waals surface area (Å²) in [5.41, 5.74) is 1.07. The van der Waals surface area contributed by atoms with E-state index in [0.717, 1.165) is 5.56 Å². The van der Waals surface area contributed by atoms with Gasteiger partial charge in [0.2, 0.25) is 0 Å². The van der Waals surface area contributed by atoms with Crippen molar-refractivity contribution < 1.29 is 17.2 Å². The molecule has 0 bridgehead atoms. The van der Waals surface area contributed by atoms with Crippen molar-refractivity contribution in [1.82, 2.24) is 13.9 Å². The molecule has 0 radical (unpaired) electrons. The van der Waals surface area contributed by atoms with Crippen LogP contribution in [0.4, 0.5) is 14.5 Å². The van der Waals surface area contributed by atoms with Gasteiger partial charge in [0, 0.05) is 38.3 Å². The first kappa shape index (κ1) is 19.5. The summed E-state index contributed by atoms with van der Waals surface area (Å²) in [4.78, 5) is 3.97. The summed E-state index contributed by atoms with van der Waals surface area (Å²) in [5.74, 6) is -1.08. The number of sulfonamides is 1. The molecule has 1 aromatic heterocycles. The Kier molecular flexibility index (Phi) is 5.10. The molecule has 1 aliphatic rings. The Morgan fingerprint density at radius 1 is 1.07 bits per heavy atom. The number of benzene rings is 2. The molecule has 1 fully saturated rings. The third kappa shape index (κ3) is 3.88. The highest BCUT2D eigenvalue weighted by Gasteiger charge is 2.41. The smallest absolute Gasteiger partial charge is 0.262 e. The molecule has 1 N–H and O–H groups in total. The lowest BCUT2D eigenvalue weighted by atomic mass is 9.94. The Balaban J connectivity index is 1.67. The Morgan fingerprint density at radius 2 is 1.79 bits per heavy atom. The number of hydrogen-bond donors (Lipinski definition) is 1. The van der Waals surface area contributed by atoms with Gasteiger partial charge in [-0.25, -0.2) is 22.2 Å². The topological polar surface area (TPSA) is 67.2 Å². The van der Waals surface area contributed by atoms with Gasteiger partial charge in [-0.2, -0.15) is 4.31 Å². The Bertz CT molecular complexity index is 1120. The number of halogens is 2. The second kappa shape index (κ2) is 7.57. The number of aryl methyl sites for hydroxylation is 1. The Hall–Kier alpha value is -2.78. The first-order valence-electron chi connectivity index (χ1n) is 9.09. The number of nitrogens with zero attached hydrogens (tertiary/aromatic N) is 3. The van der Waals surface area contributed by atoms with Gasteiger partial charge in [0.25, 0.3) is 10.0 Å². The van der Waals surface area contributed by atoms with Gasteiger partial charge < -0.3 is 9.88 Å². The van der Waals surface area contributed by atoms with Crippen LogP contribution in [0.1, 0.15) is 11.5 Å². The zero-order valence-electron chi connectivity index (χ0n) is 15.7. The van der Waals surface area contributed by atoms with Crippen LogP contribution in [0.15, 0.2) is 66.1 Å². The summed E-state index contributed by atoms with van der Waals surface area (Å²) in [6.45, 7) is 0.311. The molecule has 9 heteroatoms. The number of para-hydroxylation sites is 1. The van der Waals surface area contributed by atoms with Crippen molar-refractivity contribution in [3.8, 4) is 0 Å². The molecule has 6 nitrogen and oxygen atoms in total. The fourth-order valence-electron chi connectivity index (χ4n) is 3.59. The third-order valence-electron chi connectivity index (χ3n) is 5.08. The molecular formula is C20H20F2N4O2S. The normalized spacial score (nSPS) is 20.1. The van der Waals surface area contributed by atoms with E-state index in [0.29, 0.717) is 5.69 Å². The molecule has 1 saturated heterocycles. The molecule has 2 aromatic carbocycles. The van der Waals surface area contributed by atoms with Gasteiger partial charge in [-0.05, 0) is 29.8 Å². The van der Waals surface area contributed by atoms with E-state index < -0.39 is 21.9 Å². The lowest BCUT2D eigenvalue weighted by molar-refractivity contribution is 0.468. The van der Waals surface area contributed by atoms with Crippen molar-refractivity contribution in [3.05, 3.63) is 78.3 Å². The molecule has 2 heterocycles. The quantitative estimate of drug-likeness (QED) is 0.692. The van der Waals surface area contributed by atoms with E-state index in [1.165, 1.54) is 35.0 Å². The number of anilines is 1. The average Bonchev–Trinajstić information content (AvgIpc) is 3.32. The zero-order chi connectivity index (χ0) is 20.6. The first-order valence-corrected chi connectivity index (χ1v) is 10.5. The van der Waals surface area contributed by atoms with Crippen LogP contribution < -0.4 is 5.32 Å². The molecule has 0 spiro atoms. The first-order chi connectivity index (χ1) is 13.8. The molecule has 0 unspecified atom stereocenters. The molecule has 4 rings (SSSR count). The van der Waals surface area contributed by atoms with Gasteiger partial charge in [-0.3, -0.25) is 0 Å². The maximum Gasteiger partial charge on any atom is 0.262 e. The number of rotatable bonds is 5. The van der Waals surface area contributed by atoms with Crippen molar-refractivity contribution in [1.29, 1.82) is 0 Å². The maximum absolute atomic E-state index is 14.2. The summed E-state index contributed by atoms with van der Waals surface area (Å²) < 4.78 is 56.5. The van der Waals surface area contributed by atoms with Gasteiger partial charge in [0.15, 0.2) is 5.03 Å². The largest absolute Gasteiger partial charge is 0.378 e. The minimum absolute atomic E-state index is 0.0376. The van der Waals surface area contributed by atoms with Crippen molar-refractivity contribution >= 4 is 15.7 Å². The van der Waals surface area contributed by atoms with E-state index in [9.17, 15) is 17.2 Å². The number of imidazole rings is 1. The van der Waals surface area contributed by atoms with Gasteiger partial charge in [0.05, 0.1) is 12.0 Å². The lowest BCUT2D eigenvalue weighted by Crippen LogP contribution is -2.32. The summed E-state index contributed by atoms with van der Waals surface area (Å²) >= 11 is 0. The maximum atomic E-state index is 14.2. The van der Waals surface area contributed by atoms with Crippen LogP contribution in [0.2, 0.25) is 0 Å². The molecule has 0 aliphatic carbocycles. The molecule has 3 aromatic rings. The molecule has 0 amide bonds. The summed E-state index contributed by atoms with van der Waals surface area (Å²) in [6, 6.07) is 11.8. The molecule has 152 valence electrons. The fraction of sp³-hybridized carbons (Fsp3) is 0.250. The Labute approximate surface area is 167 Å². The molecule has 2 atom stereocenters. The van der Waals surface area contributed by atoms with E-state index in [1.807, 2.05) is 0 Å². The third-order valence-corrected chi connectivity index (χ3v) is 6.80. The number of aromatic nitrogens is 2. The second-order valence-corrected chi connectivity index (χ2v) is 8.97. The van der Waals surface area contributed by atoms with Crippen molar-refractivity contribution in [2.45, 2.75) is 17.0 Å². The van der Waals surface area contributed by atoms with Crippen LogP contribution in [-0.2, 0) is 17.1 Å². The van der Waals surface area contributed by atoms with Crippen molar-refractivity contribution in [3.63, 3.8) is 0 Å². The predicted octanol–water partition coefficient (Wildman–Crippen LogP) is 2.97. The predicted molar refractivity (Wildman–Crippen MR) is 105 cm³/mol. The summed E-state index contributed by atoms with van der Waals surface area (Å²) in [5, 5.41) is 3.09. The molecule has 0 saturated carbocycles. The number of nitrogens with one attached hydrogen (secondary N) is 1. The van der Waals surface area contributed by atoms with Gasteiger partial charge >= 0.3 is 0 Å². The lowest BCUT2D eigenvalue weighted by Gasteiger charge is -2.21. The average molecular weight is 418 g/mol. The van der Waals surface area contributed by atoms with Crippen LogP contribution >= 0.6 is 0 Å². The van der Waals surface area contributed by atoms with Crippen LogP contribution in [0.25, 0.3) is 0 Å². The van der Waals surface area contributed by atoms with Crippen LogP contribution in [-0.4, -0.2) is 41.4 Å². The zero-order valence-corrected chi connectivity index (χ0v) is 16.5. The van der Waals surface area contributed by atoms with Gasteiger partial charge in [0.1, 0.15) is 11.6 Å². The van der Waals surface area contributed by atoms with E-state index in [2.05, 4.69) is 10.3 Å². The summed E-state index contributed by atoms with van der Waals surface area (Å²) in [7, 11) is -2.11. The fourth-order valence-corrected chi connectivity index (χ4v) is 5.05. The van der Waals surface area contributed by atoms with E-state index in [4.69, 9.17) is 0 Å². The van der Waals surface area contributed by atoms with Crippen molar-refractivity contribution in [2.75, 3.05) is 18.4 Å². The summed E-state index contributed by atoms with van der Waals surface area (Å²) in [6.07, 6.45) is 2.87. The SMILES string of the molecule is Cn1cnc(S(=O)(=O)N2C[C@H](Nc3ccccc3F)[C@@H](c3ccc(F)cc3)C2)c1. The molecule has 1 aliphatic heterocycles. The van der Waals surface area contributed by atoms with Gasteiger partial charge in [-0.1, -0.05) is 24.3 Å². The highest BCUT2D eigenvalue weighted by Crippen LogP contribution is 2.33. The van der Waals surface area contributed by atoms with Crippen LogP contribution in [0.5, 0.6) is 0 Å². The highest BCUT2D eigenvalue weighted by molar-refractivity contribution is 7.89. The minimum atomic E-state index is -3.81. The van der Waals surface area contributed by atoms with E-state index in [1.54, 1.807) is 41.9 Å². The molecule has 29 heavy (non-hydrogen) atoms. The standard InChI is InChI=1S/C20H20F2N4O2S/c1-25-12-20(23-13-25)29(27,28)26-10-16(14-6-8-15(21)9-7-14)19(11-26)24-18-5-3-2-4-17(18)22/h2-9,12-13,16,19,24H,10-11H2,1H3/t16-,19+/m1/s1. The van der Waals surface area contributed by atoms with Crippen molar-refractivity contribution in [2.24, 2.45) is 7.05 Å². The monoisotopic (exact) mass is 418 g/mol. The minimum Gasteiger partial charge on any atom is -0.378 e. The molecular weight excluding hydrogens is 398 g/mol. The second-order valence-electron chi connectivity index (χ2n) is 7.09. The Morgan fingerprint density at radius 3 is 2.45 bits per heavy atom. The highest BCUT2D eigenvalue weighted by atomic mass is 32.2.